The maximum Gasteiger partial charge on any atom is 0.231 e. The second-order valence-electron chi connectivity index (χ2n) is 10.3. The van der Waals surface area contributed by atoms with Gasteiger partial charge in [0.15, 0.2) is 11.6 Å². The number of aryl methyl sites for hydroxylation is 1. The monoisotopic (exact) mass is 506 g/mol. The number of nitrogens with zero attached hydrogens (tertiary/aromatic N) is 6. The van der Waals surface area contributed by atoms with Crippen LogP contribution in [0.4, 0.5) is 17.6 Å². The van der Waals surface area contributed by atoms with Gasteiger partial charge in [0.2, 0.25) is 5.95 Å². The Morgan fingerprint density at radius 3 is 2.57 bits per heavy atom. The number of anilines is 3. The third-order valence-corrected chi connectivity index (χ3v) is 7.31. The molecule has 1 saturated heterocycles. The van der Waals surface area contributed by atoms with Crippen LogP contribution < -0.4 is 21.4 Å². The number of piperidine rings is 1. The van der Waals surface area contributed by atoms with Gasteiger partial charge in [-0.15, -0.1) is 5.10 Å². The molecule has 10 heteroatoms. The van der Waals surface area contributed by atoms with Gasteiger partial charge in [0.05, 0.1) is 11.7 Å². The SMILES string of the molecule is c1ccc2c(NN3CCCCC3)nc(Nc3cn(CCCNCCCNC4CCCCC4)nn3)nc2c1. The molecule has 1 aliphatic carbocycles. The fraction of sp³-hybridized carbons (Fsp3) is 0.630. The molecule has 2 fully saturated rings. The molecule has 1 saturated carbocycles. The van der Waals surface area contributed by atoms with Crippen LogP contribution in [0.2, 0.25) is 0 Å². The maximum absolute atomic E-state index is 4.77. The van der Waals surface area contributed by atoms with Crippen molar-refractivity contribution in [2.75, 3.05) is 43.5 Å². The van der Waals surface area contributed by atoms with Crippen molar-refractivity contribution in [1.82, 2.24) is 40.6 Å². The van der Waals surface area contributed by atoms with E-state index in [1.807, 2.05) is 29.1 Å². The number of hydrazine groups is 1. The van der Waals surface area contributed by atoms with Crippen molar-refractivity contribution in [2.45, 2.75) is 76.8 Å². The predicted molar refractivity (Wildman–Crippen MR) is 149 cm³/mol. The Balaban J connectivity index is 1.06. The average molecular weight is 507 g/mol. The van der Waals surface area contributed by atoms with Crippen LogP contribution in [-0.2, 0) is 6.54 Å². The zero-order valence-electron chi connectivity index (χ0n) is 22.0. The molecular formula is C27H42N10. The Labute approximate surface area is 220 Å². The Morgan fingerprint density at radius 2 is 1.68 bits per heavy atom. The average Bonchev–Trinajstić information content (AvgIpc) is 3.38. The number of benzene rings is 1. The van der Waals surface area contributed by atoms with E-state index in [4.69, 9.17) is 9.97 Å². The van der Waals surface area contributed by atoms with Crippen LogP contribution in [0.1, 0.15) is 64.2 Å². The molecule has 5 rings (SSSR count). The third kappa shape index (κ3) is 7.83. The Morgan fingerprint density at radius 1 is 0.865 bits per heavy atom. The van der Waals surface area contributed by atoms with Crippen molar-refractivity contribution >= 4 is 28.5 Å². The minimum absolute atomic E-state index is 0.522. The fourth-order valence-corrected chi connectivity index (χ4v) is 5.27. The molecule has 4 N–H and O–H groups in total. The lowest BCUT2D eigenvalue weighted by molar-refractivity contribution is 0.272. The first-order valence-corrected chi connectivity index (χ1v) is 14.2. The second-order valence-corrected chi connectivity index (χ2v) is 10.3. The molecule has 0 unspecified atom stereocenters. The molecule has 1 aliphatic heterocycles. The third-order valence-electron chi connectivity index (χ3n) is 7.31. The van der Waals surface area contributed by atoms with Gasteiger partial charge in [-0.2, -0.15) is 4.98 Å². The number of fused-ring (bicyclic) bond motifs is 1. The van der Waals surface area contributed by atoms with Crippen molar-refractivity contribution < 1.29 is 0 Å². The molecule has 200 valence electrons. The van der Waals surface area contributed by atoms with Gasteiger partial charge in [-0.3, -0.25) is 4.68 Å². The molecule has 37 heavy (non-hydrogen) atoms. The van der Waals surface area contributed by atoms with E-state index in [0.29, 0.717) is 11.8 Å². The van der Waals surface area contributed by atoms with Crippen LogP contribution in [0.3, 0.4) is 0 Å². The van der Waals surface area contributed by atoms with Gasteiger partial charge < -0.3 is 21.4 Å². The van der Waals surface area contributed by atoms with Crippen molar-refractivity contribution in [3.05, 3.63) is 30.5 Å². The summed E-state index contributed by atoms with van der Waals surface area (Å²) in [7, 11) is 0. The van der Waals surface area contributed by atoms with E-state index in [1.165, 1.54) is 57.8 Å². The normalized spacial score (nSPS) is 17.3. The van der Waals surface area contributed by atoms with E-state index in [0.717, 1.165) is 68.5 Å². The topological polar surface area (TPSA) is 108 Å². The zero-order valence-corrected chi connectivity index (χ0v) is 22.0. The van der Waals surface area contributed by atoms with Crippen LogP contribution >= 0.6 is 0 Å². The van der Waals surface area contributed by atoms with Crippen molar-refractivity contribution in [1.29, 1.82) is 0 Å². The highest BCUT2D eigenvalue weighted by molar-refractivity contribution is 5.90. The first kappa shape index (κ1) is 25.8. The van der Waals surface area contributed by atoms with E-state index in [2.05, 4.69) is 42.8 Å². The van der Waals surface area contributed by atoms with Crippen LogP contribution in [0.5, 0.6) is 0 Å². The largest absolute Gasteiger partial charge is 0.317 e. The molecule has 1 aromatic carbocycles. The summed E-state index contributed by atoms with van der Waals surface area (Å²) in [4.78, 5) is 9.47. The molecule has 0 spiro atoms. The summed E-state index contributed by atoms with van der Waals surface area (Å²) in [6, 6.07) is 8.85. The Kier molecular flexibility index (Phi) is 9.52. The zero-order chi connectivity index (χ0) is 25.1. The summed E-state index contributed by atoms with van der Waals surface area (Å²) in [5, 5.41) is 22.3. The van der Waals surface area contributed by atoms with Gasteiger partial charge in [0.1, 0.15) is 0 Å². The summed E-state index contributed by atoms with van der Waals surface area (Å²) < 4.78 is 1.88. The lowest BCUT2D eigenvalue weighted by Gasteiger charge is -2.27. The predicted octanol–water partition coefficient (Wildman–Crippen LogP) is 4.07. The molecular weight excluding hydrogens is 464 g/mol. The molecule has 0 amide bonds. The van der Waals surface area contributed by atoms with Gasteiger partial charge >= 0.3 is 0 Å². The molecule has 3 heterocycles. The summed E-state index contributed by atoms with van der Waals surface area (Å²) in [6.07, 6.45) is 14.7. The minimum atomic E-state index is 0.522. The lowest BCUT2D eigenvalue weighted by atomic mass is 9.95. The standard InChI is InChI=1S/C27H42N10/c1-3-11-22(12-4-1)29-17-9-15-28-16-10-20-37-21-25(33-35-37)31-27-30-24-14-6-5-13-23(24)26(32-27)34-36-18-7-2-8-19-36/h5-6,13-14,21-22,28-29H,1-4,7-12,15-20H2,(H2,30,31,32,34). The molecule has 2 aromatic heterocycles. The molecule has 2 aliphatic rings. The van der Waals surface area contributed by atoms with Crippen molar-refractivity contribution in [2.24, 2.45) is 0 Å². The van der Waals surface area contributed by atoms with E-state index < -0.39 is 0 Å². The summed E-state index contributed by atoms with van der Waals surface area (Å²) in [5.74, 6) is 2.00. The van der Waals surface area contributed by atoms with Gasteiger partial charge in [-0.25, -0.2) is 9.99 Å². The molecule has 0 atom stereocenters. The van der Waals surface area contributed by atoms with Gasteiger partial charge in [0, 0.05) is 31.1 Å². The number of aromatic nitrogens is 5. The highest BCUT2D eigenvalue weighted by atomic mass is 15.5. The highest BCUT2D eigenvalue weighted by Gasteiger charge is 2.15. The van der Waals surface area contributed by atoms with Gasteiger partial charge in [-0.05, 0) is 70.3 Å². The van der Waals surface area contributed by atoms with Crippen LogP contribution in [-0.4, -0.2) is 68.7 Å². The second kappa shape index (κ2) is 13.6. The van der Waals surface area contributed by atoms with E-state index >= 15 is 0 Å². The van der Waals surface area contributed by atoms with Crippen molar-refractivity contribution in [3.63, 3.8) is 0 Å². The summed E-state index contributed by atoms with van der Waals surface area (Å²) >= 11 is 0. The number of hydrogen-bond donors (Lipinski definition) is 4. The highest BCUT2D eigenvalue weighted by Crippen LogP contribution is 2.24. The Bertz CT molecular complexity index is 1090. The maximum atomic E-state index is 4.77. The molecule has 0 radical (unpaired) electrons. The van der Waals surface area contributed by atoms with Crippen molar-refractivity contribution in [3.8, 4) is 0 Å². The molecule has 3 aromatic rings. The minimum Gasteiger partial charge on any atom is -0.317 e. The fourth-order valence-electron chi connectivity index (χ4n) is 5.27. The van der Waals surface area contributed by atoms with E-state index in [9.17, 15) is 0 Å². The van der Waals surface area contributed by atoms with E-state index in [1.54, 1.807) is 0 Å². The lowest BCUT2D eigenvalue weighted by Crippen LogP contribution is -2.35. The number of nitrogens with one attached hydrogen (secondary N) is 4. The van der Waals surface area contributed by atoms with Gasteiger partial charge in [-0.1, -0.05) is 43.0 Å². The van der Waals surface area contributed by atoms with Gasteiger partial charge in [0.25, 0.3) is 0 Å². The number of para-hydroxylation sites is 1. The van der Waals surface area contributed by atoms with Crippen LogP contribution in [0, 0.1) is 0 Å². The van der Waals surface area contributed by atoms with E-state index in [-0.39, 0.29) is 0 Å². The van der Waals surface area contributed by atoms with Crippen LogP contribution in [0.15, 0.2) is 30.5 Å². The number of rotatable bonds is 13. The first-order chi connectivity index (χ1) is 18.3. The summed E-state index contributed by atoms with van der Waals surface area (Å²) in [5.41, 5.74) is 4.41. The van der Waals surface area contributed by atoms with Crippen LogP contribution in [0.25, 0.3) is 10.9 Å². The Hall–Kier alpha value is -2.82. The first-order valence-electron chi connectivity index (χ1n) is 14.2. The number of hydrogen-bond acceptors (Lipinski definition) is 9. The molecule has 0 bridgehead atoms. The summed E-state index contributed by atoms with van der Waals surface area (Å²) in [6.45, 7) is 6.02. The smallest absolute Gasteiger partial charge is 0.231 e. The molecule has 10 nitrogen and oxygen atoms in total. The quantitative estimate of drug-likeness (QED) is 0.255.